The monoisotopic (exact) mass is 510 g/mol. The Morgan fingerprint density at radius 2 is 2.05 bits per heavy atom. The van der Waals surface area contributed by atoms with E-state index in [1.54, 1.807) is 18.2 Å². The third kappa shape index (κ3) is 3.98. The molecule has 2 bridgehead atoms. The van der Waals surface area contributed by atoms with Gasteiger partial charge in [-0.1, -0.05) is 39.8 Å². The van der Waals surface area contributed by atoms with Gasteiger partial charge in [0, 0.05) is 23.2 Å². The van der Waals surface area contributed by atoms with Gasteiger partial charge in [-0.25, -0.2) is 4.79 Å². The topological polar surface area (TPSA) is 102 Å². The maximum Gasteiger partial charge on any atom is 0.491 e. The number of esters is 1. The molecule has 200 valence electrons. The van der Waals surface area contributed by atoms with E-state index in [0.29, 0.717) is 30.7 Å². The van der Waals surface area contributed by atoms with Crippen LogP contribution < -0.4 is 10.2 Å². The number of aliphatic hydroxyl groups is 1. The average molecular weight is 510 g/mol. The van der Waals surface area contributed by atoms with Crippen LogP contribution in [0.3, 0.4) is 0 Å². The van der Waals surface area contributed by atoms with E-state index in [1.807, 2.05) is 13.0 Å². The van der Waals surface area contributed by atoms with Crippen molar-refractivity contribution in [3.63, 3.8) is 0 Å². The first-order valence-corrected chi connectivity index (χ1v) is 13.6. The molecule has 8 heteroatoms. The van der Waals surface area contributed by atoms with Crippen LogP contribution in [0.5, 0.6) is 5.75 Å². The Bertz CT molecular complexity index is 1110. The molecule has 4 aliphatic rings. The fraction of sp³-hybridized carbons (Fsp3) is 0.655. The Hall–Kier alpha value is -2.16. The lowest BCUT2D eigenvalue weighted by atomic mass is 9.44. The van der Waals surface area contributed by atoms with E-state index in [0.717, 1.165) is 24.8 Å². The minimum atomic E-state index is -0.997. The zero-order valence-electron chi connectivity index (χ0n) is 22.4. The molecule has 0 saturated heterocycles. The molecule has 0 radical (unpaired) electrons. The van der Waals surface area contributed by atoms with Gasteiger partial charge in [0.05, 0.1) is 12.7 Å². The van der Waals surface area contributed by atoms with Gasteiger partial charge >= 0.3 is 13.1 Å². The number of ether oxygens (including phenoxy) is 2. The maximum absolute atomic E-state index is 13.5. The smallest absolute Gasteiger partial charge is 0.482 e. The van der Waals surface area contributed by atoms with Crippen LogP contribution in [-0.4, -0.2) is 47.8 Å². The molecule has 1 aromatic carbocycles. The van der Waals surface area contributed by atoms with Crippen molar-refractivity contribution in [1.29, 1.82) is 0 Å². The number of rotatable bonds is 5. The van der Waals surface area contributed by atoms with Crippen LogP contribution in [0.15, 0.2) is 30.9 Å². The standard InChI is InChI=1S/C29H39BO7/c1-6-27(4)14-23(37-24(32)16-35-20-8-7-19-15-36-30(34)21(19)13-20)28(5)17(2)9-11-29(18(3)26(27)33)12-10-22(31)25(28)29/h6-8,13,17-18,23,25-26,33-34H,1,9-12,14-16H2,2-5H3/t17-,18-,23+,25-,26-,27+,28-,29-/m0/s1. The fourth-order valence-electron chi connectivity index (χ4n) is 8.12. The second kappa shape index (κ2) is 9.24. The average Bonchev–Trinajstić information content (AvgIpc) is 3.43. The number of fused-ring (bicyclic) bond motifs is 1. The Kier molecular flexibility index (Phi) is 6.61. The van der Waals surface area contributed by atoms with E-state index in [4.69, 9.17) is 14.1 Å². The van der Waals surface area contributed by atoms with Gasteiger partial charge in [0.15, 0.2) is 6.61 Å². The van der Waals surface area contributed by atoms with Crippen molar-refractivity contribution in [2.24, 2.45) is 34.0 Å². The van der Waals surface area contributed by atoms with Crippen LogP contribution in [0.4, 0.5) is 0 Å². The molecular formula is C29H39BO7. The minimum Gasteiger partial charge on any atom is -0.482 e. The van der Waals surface area contributed by atoms with E-state index >= 15 is 0 Å². The van der Waals surface area contributed by atoms with Gasteiger partial charge in [0.1, 0.15) is 17.6 Å². The van der Waals surface area contributed by atoms with Gasteiger partial charge in [0.2, 0.25) is 0 Å². The molecule has 1 heterocycles. The fourth-order valence-corrected chi connectivity index (χ4v) is 8.12. The van der Waals surface area contributed by atoms with E-state index in [-0.39, 0.29) is 35.6 Å². The zero-order chi connectivity index (χ0) is 26.8. The number of aliphatic hydroxyl groups excluding tert-OH is 1. The van der Waals surface area contributed by atoms with Crippen LogP contribution in [0.25, 0.3) is 0 Å². The number of benzene rings is 1. The second-order valence-corrected chi connectivity index (χ2v) is 12.4. The third-order valence-electron chi connectivity index (χ3n) is 10.7. The summed E-state index contributed by atoms with van der Waals surface area (Å²) in [6.45, 7) is 12.4. The highest BCUT2D eigenvalue weighted by Gasteiger charge is 2.68. The number of ketones is 1. The highest BCUT2D eigenvalue weighted by Crippen LogP contribution is 2.68. The molecule has 0 amide bonds. The summed E-state index contributed by atoms with van der Waals surface area (Å²) in [5, 5.41) is 21.6. The van der Waals surface area contributed by atoms with Crippen molar-refractivity contribution in [3.05, 3.63) is 36.4 Å². The van der Waals surface area contributed by atoms with Crippen molar-refractivity contribution in [2.45, 2.75) is 78.6 Å². The number of hydrogen-bond acceptors (Lipinski definition) is 7. The van der Waals surface area contributed by atoms with Crippen molar-refractivity contribution < 1.29 is 33.8 Å². The molecule has 0 unspecified atom stereocenters. The van der Waals surface area contributed by atoms with Crippen molar-refractivity contribution >= 4 is 24.3 Å². The normalized spacial score (nSPS) is 40.9. The predicted octanol–water partition coefficient (Wildman–Crippen LogP) is 3.19. The van der Waals surface area contributed by atoms with E-state index in [1.165, 1.54) is 0 Å². The Morgan fingerprint density at radius 1 is 1.30 bits per heavy atom. The summed E-state index contributed by atoms with van der Waals surface area (Å²) in [6, 6.07) is 5.24. The first-order valence-electron chi connectivity index (χ1n) is 13.6. The van der Waals surface area contributed by atoms with Gasteiger partial charge in [-0.3, -0.25) is 4.79 Å². The van der Waals surface area contributed by atoms with Crippen molar-refractivity contribution in [1.82, 2.24) is 0 Å². The van der Waals surface area contributed by atoms with E-state index in [2.05, 4.69) is 27.4 Å². The molecule has 0 spiro atoms. The molecule has 2 N–H and O–H groups in total. The minimum absolute atomic E-state index is 0.0714. The molecule has 0 aromatic heterocycles. The summed E-state index contributed by atoms with van der Waals surface area (Å²) in [4.78, 5) is 26.7. The third-order valence-corrected chi connectivity index (χ3v) is 10.7. The molecule has 37 heavy (non-hydrogen) atoms. The van der Waals surface area contributed by atoms with Gasteiger partial charge in [-0.15, -0.1) is 6.58 Å². The van der Waals surface area contributed by atoms with Crippen LogP contribution in [0.2, 0.25) is 0 Å². The molecule has 5 rings (SSSR count). The van der Waals surface area contributed by atoms with E-state index in [9.17, 15) is 19.7 Å². The molecule has 3 aliphatic carbocycles. The number of Topliss-reactive ketones (excluding diaryl/α,β-unsaturated/α-hetero) is 1. The molecule has 7 nitrogen and oxygen atoms in total. The SMILES string of the molecule is C=C[C@]1(C)C[C@@H](OC(=O)COc2ccc3c(c2)B(O)OC3)[C@@]2(C)[C@@H]3C(=O)CC[C@@]3(CC[C@@H]2C)[C@@H](C)[C@@H]1O. The van der Waals surface area contributed by atoms with Gasteiger partial charge in [-0.2, -0.15) is 0 Å². The Balaban J connectivity index is 1.43. The second-order valence-electron chi connectivity index (χ2n) is 12.4. The van der Waals surface area contributed by atoms with Gasteiger partial charge < -0.3 is 24.3 Å². The lowest BCUT2D eigenvalue weighted by Gasteiger charge is -2.61. The number of hydrogen-bond donors (Lipinski definition) is 2. The largest absolute Gasteiger partial charge is 0.491 e. The van der Waals surface area contributed by atoms with Crippen molar-refractivity contribution in [2.75, 3.05) is 6.61 Å². The summed E-state index contributed by atoms with van der Waals surface area (Å²) >= 11 is 0. The lowest BCUT2D eigenvalue weighted by molar-refractivity contribution is -0.207. The van der Waals surface area contributed by atoms with Crippen LogP contribution in [0, 0.1) is 34.0 Å². The molecule has 1 aromatic rings. The molecule has 1 aliphatic heterocycles. The predicted molar refractivity (Wildman–Crippen MR) is 139 cm³/mol. The summed E-state index contributed by atoms with van der Waals surface area (Å²) in [5.41, 5.74) is -0.0252. The Labute approximate surface area is 219 Å². The number of carbonyl (C=O) groups is 2. The van der Waals surface area contributed by atoms with Crippen molar-refractivity contribution in [3.8, 4) is 5.75 Å². The summed E-state index contributed by atoms with van der Waals surface area (Å²) in [6.07, 6.45) is 3.99. The zero-order valence-corrected chi connectivity index (χ0v) is 22.4. The summed E-state index contributed by atoms with van der Waals surface area (Å²) < 4.78 is 17.2. The number of carbonyl (C=O) groups excluding carboxylic acids is 2. The first-order chi connectivity index (χ1) is 17.5. The van der Waals surface area contributed by atoms with Crippen LogP contribution in [-0.2, 0) is 25.6 Å². The molecule has 8 atom stereocenters. The maximum atomic E-state index is 13.5. The lowest BCUT2D eigenvalue weighted by Crippen LogP contribution is -2.63. The van der Waals surface area contributed by atoms with Gasteiger partial charge in [-0.05, 0) is 66.1 Å². The molecule has 3 fully saturated rings. The molecular weight excluding hydrogens is 471 g/mol. The molecule has 3 saturated carbocycles. The Morgan fingerprint density at radius 3 is 2.78 bits per heavy atom. The van der Waals surface area contributed by atoms with Crippen LogP contribution >= 0.6 is 0 Å². The van der Waals surface area contributed by atoms with Gasteiger partial charge in [0.25, 0.3) is 0 Å². The quantitative estimate of drug-likeness (QED) is 0.356. The first kappa shape index (κ1) is 26.5. The highest BCUT2D eigenvalue weighted by atomic mass is 16.6. The van der Waals surface area contributed by atoms with E-state index < -0.39 is 36.1 Å². The summed E-state index contributed by atoms with van der Waals surface area (Å²) in [5.74, 6) is -0.0163. The summed E-state index contributed by atoms with van der Waals surface area (Å²) in [7, 11) is -0.997. The van der Waals surface area contributed by atoms with Crippen LogP contribution in [0.1, 0.15) is 65.4 Å². The highest BCUT2D eigenvalue weighted by molar-refractivity contribution is 6.61.